The Morgan fingerprint density at radius 3 is 2.29 bits per heavy atom. The molecule has 0 heterocycles. The predicted molar refractivity (Wildman–Crippen MR) is 109 cm³/mol. The topological polar surface area (TPSA) is 77.0 Å². The van der Waals surface area contributed by atoms with Gasteiger partial charge in [0.2, 0.25) is 11.7 Å². The maximum absolute atomic E-state index is 12.5. The third-order valence-electron chi connectivity index (χ3n) is 4.54. The number of anilines is 1. The number of carbonyl (C=O) groups excluding carboxylic acids is 1. The lowest BCUT2D eigenvalue weighted by Gasteiger charge is -2.14. The average Bonchev–Trinajstić information content (AvgIpc) is 2.73. The number of ether oxygens (including phenoxy) is 3. The van der Waals surface area contributed by atoms with E-state index in [1.54, 1.807) is 27.4 Å². The Hall–Kier alpha value is -3.41. The van der Waals surface area contributed by atoms with Crippen LogP contribution in [0.2, 0.25) is 0 Å². The highest BCUT2D eigenvalue weighted by molar-refractivity contribution is 6.04. The van der Waals surface area contributed by atoms with Crippen LogP contribution in [-0.2, 0) is 11.2 Å². The molecular weight excluding hydrogens is 358 g/mol. The van der Waals surface area contributed by atoms with Crippen LogP contribution in [0.15, 0.2) is 48.5 Å². The number of methoxy groups -OCH3 is 3. The maximum Gasteiger partial charge on any atom is 0.224 e. The molecule has 6 heteroatoms. The van der Waals surface area contributed by atoms with Crippen molar-refractivity contribution in [3.05, 3.63) is 54.1 Å². The number of benzene rings is 3. The zero-order valence-corrected chi connectivity index (χ0v) is 16.1. The third-order valence-corrected chi connectivity index (χ3v) is 4.54. The van der Waals surface area contributed by atoms with Crippen molar-refractivity contribution in [2.45, 2.75) is 12.8 Å². The van der Waals surface area contributed by atoms with E-state index in [0.29, 0.717) is 29.4 Å². The highest BCUT2D eigenvalue weighted by Crippen LogP contribution is 2.38. The van der Waals surface area contributed by atoms with E-state index in [1.165, 1.54) is 0 Å². The summed E-state index contributed by atoms with van der Waals surface area (Å²) < 4.78 is 16.0. The first-order chi connectivity index (χ1) is 13.6. The maximum atomic E-state index is 12.5. The van der Waals surface area contributed by atoms with Crippen LogP contribution < -0.4 is 19.5 Å². The van der Waals surface area contributed by atoms with Crippen molar-refractivity contribution in [2.24, 2.45) is 0 Å². The Morgan fingerprint density at radius 2 is 1.64 bits per heavy atom. The minimum atomic E-state index is -0.194. The van der Waals surface area contributed by atoms with Gasteiger partial charge in [0.15, 0.2) is 11.5 Å². The Labute approximate surface area is 163 Å². The summed E-state index contributed by atoms with van der Waals surface area (Å²) in [5.41, 5.74) is 1.31. The van der Waals surface area contributed by atoms with Gasteiger partial charge < -0.3 is 24.6 Å². The van der Waals surface area contributed by atoms with Crippen molar-refractivity contribution in [2.75, 3.05) is 26.6 Å². The quantitative estimate of drug-likeness (QED) is 0.602. The number of rotatable bonds is 7. The van der Waals surface area contributed by atoms with E-state index < -0.39 is 0 Å². The van der Waals surface area contributed by atoms with E-state index in [2.05, 4.69) is 5.32 Å². The number of aryl methyl sites for hydroxylation is 1. The van der Waals surface area contributed by atoms with E-state index in [4.69, 9.17) is 14.2 Å². The zero-order chi connectivity index (χ0) is 20.1. The first-order valence-electron chi connectivity index (χ1n) is 8.86. The lowest BCUT2D eigenvalue weighted by molar-refractivity contribution is -0.116. The van der Waals surface area contributed by atoms with Gasteiger partial charge in [-0.15, -0.1) is 0 Å². The number of hydrogen-bond acceptors (Lipinski definition) is 5. The molecule has 0 saturated heterocycles. The summed E-state index contributed by atoms with van der Waals surface area (Å²) in [4.78, 5) is 12.5. The molecule has 0 spiro atoms. The summed E-state index contributed by atoms with van der Waals surface area (Å²) in [6, 6.07) is 14.6. The van der Waals surface area contributed by atoms with Gasteiger partial charge in [-0.25, -0.2) is 0 Å². The Kier molecular flexibility index (Phi) is 5.89. The summed E-state index contributed by atoms with van der Waals surface area (Å²) in [6.45, 7) is 0. The van der Waals surface area contributed by atoms with Crippen molar-refractivity contribution in [3.63, 3.8) is 0 Å². The average molecular weight is 381 g/mol. The van der Waals surface area contributed by atoms with Gasteiger partial charge in [0.05, 0.1) is 27.0 Å². The molecule has 28 heavy (non-hydrogen) atoms. The van der Waals surface area contributed by atoms with Crippen LogP contribution in [0.1, 0.15) is 12.0 Å². The number of nitrogens with one attached hydrogen (secondary N) is 1. The molecular formula is C22H23NO5. The van der Waals surface area contributed by atoms with Crippen LogP contribution >= 0.6 is 0 Å². The summed E-state index contributed by atoms with van der Waals surface area (Å²) in [5.74, 6) is 1.45. The lowest BCUT2D eigenvalue weighted by Crippen LogP contribution is -2.13. The van der Waals surface area contributed by atoms with Gasteiger partial charge in [0.25, 0.3) is 0 Å². The van der Waals surface area contributed by atoms with Crippen LogP contribution in [0.4, 0.5) is 5.69 Å². The second kappa shape index (κ2) is 8.52. The number of amides is 1. The van der Waals surface area contributed by atoms with Crippen LogP contribution in [0.3, 0.4) is 0 Å². The summed E-state index contributed by atoms with van der Waals surface area (Å²) in [5, 5.41) is 14.7. The SMILES string of the molecule is COc1cc(CCC(=O)Nc2c(O)ccc3ccccc23)cc(OC)c1OC. The fourth-order valence-corrected chi connectivity index (χ4v) is 3.13. The van der Waals surface area contributed by atoms with E-state index in [9.17, 15) is 9.90 Å². The first kappa shape index (κ1) is 19.4. The standard InChI is InChI=1S/C22H23NO5/c1-26-18-12-14(13-19(27-2)22(18)28-3)8-11-20(25)23-21-16-7-5-4-6-15(16)9-10-17(21)24/h4-7,9-10,12-13,24H,8,11H2,1-3H3,(H,23,25). The van der Waals surface area contributed by atoms with E-state index >= 15 is 0 Å². The number of phenols is 1. The molecule has 0 aliphatic carbocycles. The Morgan fingerprint density at radius 1 is 0.964 bits per heavy atom. The van der Waals surface area contributed by atoms with Crippen LogP contribution in [-0.4, -0.2) is 32.3 Å². The van der Waals surface area contributed by atoms with Crippen molar-refractivity contribution in [1.29, 1.82) is 0 Å². The minimum absolute atomic E-state index is 0.0415. The van der Waals surface area contributed by atoms with Gasteiger partial charge in [-0.05, 0) is 35.6 Å². The van der Waals surface area contributed by atoms with Crippen LogP contribution in [0.25, 0.3) is 10.8 Å². The molecule has 0 unspecified atom stereocenters. The molecule has 0 fully saturated rings. The zero-order valence-electron chi connectivity index (χ0n) is 16.1. The molecule has 0 atom stereocenters. The predicted octanol–water partition coefficient (Wildman–Crippen LogP) is 4.14. The van der Waals surface area contributed by atoms with Crippen molar-refractivity contribution >= 4 is 22.4 Å². The van der Waals surface area contributed by atoms with E-state index in [-0.39, 0.29) is 18.1 Å². The number of aromatic hydroxyl groups is 1. The number of carbonyl (C=O) groups is 1. The normalized spacial score (nSPS) is 10.5. The third kappa shape index (κ3) is 3.96. The monoisotopic (exact) mass is 381 g/mol. The number of hydrogen-bond donors (Lipinski definition) is 2. The van der Waals surface area contributed by atoms with E-state index in [0.717, 1.165) is 16.3 Å². The molecule has 3 aromatic carbocycles. The van der Waals surface area contributed by atoms with Crippen molar-refractivity contribution < 1.29 is 24.1 Å². The molecule has 146 valence electrons. The van der Waals surface area contributed by atoms with Gasteiger partial charge in [0, 0.05) is 11.8 Å². The molecule has 3 rings (SSSR count). The second-order valence-corrected chi connectivity index (χ2v) is 6.26. The summed E-state index contributed by atoms with van der Waals surface area (Å²) in [6.07, 6.45) is 0.718. The molecule has 6 nitrogen and oxygen atoms in total. The molecule has 0 saturated carbocycles. The van der Waals surface area contributed by atoms with Crippen molar-refractivity contribution in [1.82, 2.24) is 0 Å². The Balaban J connectivity index is 1.76. The number of fused-ring (bicyclic) bond motifs is 1. The summed E-state index contributed by atoms with van der Waals surface area (Å²) >= 11 is 0. The molecule has 1 amide bonds. The highest BCUT2D eigenvalue weighted by atomic mass is 16.5. The van der Waals surface area contributed by atoms with E-state index in [1.807, 2.05) is 42.5 Å². The van der Waals surface area contributed by atoms with Gasteiger partial charge in [-0.1, -0.05) is 30.3 Å². The largest absolute Gasteiger partial charge is 0.506 e. The molecule has 0 radical (unpaired) electrons. The molecule has 3 aromatic rings. The summed E-state index contributed by atoms with van der Waals surface area (Å²) in [7, 11) is 4.65. The molecule has 0 bridgehead atoms. The smallest absolute Gasteiger partial charge is 0.224 e. The van der Waals surface area contributed by atoms with Crippen LogP contribution in [0.5, 0.6) is 23.0 Å². The minimum Gasteiger partial charge on any atom is -0.506 e. The highest BCUT2D eigenvalue weighted by Gasteiger charge is 2.15. The molecule has 0 aliphatic heterocycles. The fourth-order valence-electron chi connectivity index (χ4n) is 3.13. The lowest BCUT2D eigenvalue weighted by atomic mass is 10.1. The van der Waals surface area contributed by atoms with Gasteiger partial charge in [-0.3, -0.25) is 4.79 Å². The molecule has 2 N–H and O–H groups in total. The van der Waals surface area contributed by atoms with Gasteiger partial charge in [-0.2, -0.15) is 0 Å². The molecule has 0 aliphatic rings. The second-order valence-electron chi connectivity index (χ2n) is 6.26. The van der Waals surface area contributed by atoms with Crippen molar-refractivity contribution in [3.8, 4) is 23.0 Å². The van der Waals surface area contributed by atoms with Gasteiger partial charge >= 0.3 is 0 Å². The van der Waals surface area contributed by atoms with Gasteiger partial charge in [0.1, 0.15) is 5.75 Å². The van der Waals surface area contributed by atoms with Crippen LogP contribution in [0, 0.1) is 0 Å². The fraction of sp³-hybridized carbons (Fsp3) is 0.227. The Bertz CT molecular complexity index is 974. The molecule has 0 aromatic heterocycles. The first-order valence-corrected chi connectivity index (χ1v) is 8.86. The number of phenolic OH excluding ortho intramolecular Hbond substituents is 1.